The molecule has 30 heavy (non-hydrogen) atoms. The van der Waals surface area contributed by atoms with Crippen LogP contribution in [0, 0.1) is 0 Å². The van der Waals surface area contributed by atoms with Gasteiger partial charge in [0.25, 0.3) is 5.91 Å². The van der Waals surface area contributed by atoms with Gasteiger partial charge in [0.2, 0.25) is 0 Å². The van der Waals surface area contributed by atoms with E-state index in [-0.39, 0.29) is 11.9 Å². The lowest BCUT2D eigenvalue weighted by molar-refractivity contribution is 0.0697. The molecule has 4 rings (SSSR count). The Bertz CT molecular complexity index is 1010. The Morgan fingerprint density at radius 2 is 1.90 bits per heavy atom. The Balaban J connectivity index is 1.47. The maximum atomic E-state index is 13.1. The molecular weight excluding hydrogens is 400 g/mol. The number of amides is 3. The number of urea groups is 1. The Labute approximate surface area is 178 Å². The molecule has 3 aromatic rings. The van der Waals surface area contributed by atoms with Crippen molar-refractivity contribution in [3.05, 3.63) is 47.6 Å². The largest absolute Gasteiger partial charge is 0.339 e. The molecule has 9 heteroatoms. The van der Waals surface area contributed by atoms with Crippen LogP contribution in [-0.2, 0) is 0 Å². The fraction of sp³-hybridized carbons (Fsp3) is 0.333. The SMILES string of the molecule is CN(C(=O)c1ccccc1NC(=O)Nc1cn[nH]c1-c1nccs1)C1CCCCC1. The van der Waals surface area contributed by atoms with Gasteiger partial charge in [-0.25, -0.2) is 9.78 Å². The first-order valence-corrected chi connectivity index (χ1v) is 10.9. The minimum Gasteiger partial charge on any atom is -0.339 e. The molecular formula is C21H24N6O2S. The van der Waals surface area contributed by atoms with E-state index in [1.54, 1.807) is 24.4 Å². The lowest BCUT2D eigenvalue weighted by Crippen LogP contribution is -2.38. The van der Waals surface area contributed by atoms with Crippen LogP contribution in [0.3, 0.4) is 0 Å². The fourth-order valence-corrected chi connectivity index (χ4v) is 4.42. The highest BCUT2D eigenvalue weighted by Crippen LogP contribution is 2.28. The van der Waals surface area contributed by atoms with E-state index in [2.05, 4.69) is 25.8 Å². The molecule has 1 fully saturated rings. The molecule has 1 aromatic carbocycles. The maximum absolute atomic E-state index is 13.1. The highest BCUT2D eigenvalue weighted by molar-refractivity contribution is 7.13. The third-order valence-electron chi connectivity index (χ3n) is 5.38. The first-order valence-electron chi connectivity index (χ1n) is 10.0. The Hall–Kier alpha value is -3.20. The van der Waals surface area contributed by atoms with E-state index in [0.717, 1.165) is 30.7 Å². The summed E-state index contributed by atoms with van der Waals surface area (Å²) >= 11 is 1.44. The first-order chi connectivity index (χ1) is 14.6. The van der Waals surface area contributed by atoms with Gasteiger partial charge in [-0.05, 0) is 25.0 Å². The predicted molar refractivity (Wildman–Crippen MR) is 118 cm³/mol. The van der Waals surface area contributed by atoms with Gasteiger partial charge in [-0.15, -0.1) is 11.3 Å². The van der Waals surface area contributed by atoms with Crippen LogP contribution in [0.2, 0.25) is 0 Å². The quantitative estimate of drug-likeness (QED) is 0.558. The molecule has 1 aliphatic rings. The highest BCUT2D eigenvalue weighted by atomic mass is 32.1. The van der Waals surface area contributed by atoms with E-state index in [4.69, 9.17) is 0 Å². The van der Waals surface area contributed by atoms with Crippen LogP contribution in [0.15, 0.2) is 42.0 Å². The third-order valence-corrected chi connectivity index (χ3v) is 6.17. The van der Waals surface area contributed by atoms with Gasteiger partial charge in [-0.1, -0.05) is 31.4 Å². The number of H-pyrrole nitrogens is 1. The van der Waals surface area contributed by atoms with Gasteiger partial charge in [-0.2, -0.15) is 5.10 Å². The second kappa shape index (κ2) is 9.08. The molecule has 0 radical (unpaired) electrons. The molecule has 0 aliphatic heterocycles. The molecule has 1 aliphatic carbocycles. The lowest BCUT2D eigenvalue weighted by atomic mass is 9.94. The molecule has 0 saturated heterocycles. The number of rotatable bonds is 5. The van der Waals surface area contributed by atoms with Crippen LogP contribution in [0.5, 0.6) is 0 Å². The van der Waals surface area contributed by atoms with E-state index in [0.29, 0.717) is 22.6 Å². The van der Waals surface area contributed by atoms with Crippen LogP contribution in [0.1, 0.15) is 42.5 Å². The van der Waals surface area contributed by atoms with Crippen LogP contribution in [0.4, 0.5) is 16.2 Å². The molecule has 0 unspecified atom stereocenters. The number of nitrogens with one attached hydrogen (secondary N) is 3. The van der Waals surface area contributed by atoms with E-state index >= 15 is 0 Å². The van der Waals surface area contributed by atoms with Gasteiger partial charge in [0.15, 0.2) is 0 Å². The average molecular weight is 425 g/mol. The number of thiazole rings is 1. The number of aromatic nitrogens is 3. The van der Waals surface area contributed by atoms with Crippen molar-refractivity contribution in [1.29, 1.82) is 0 Å². The number of anilines is 2. The number of hydrogen-bond donors (Lipinski definition) is 3. The van der Waals surface area contributed by atoms with Crippen LogP contribution < -0.4 is 10.6 Å². The van der Waals surface area contributed by atoms with Gasteiger partial charge in [0, 0.05) is 24.7 Å². The summed E-state index contributed by atoms with van der Waals surface area (Å²) in [5.41, 5.74) is 2.11. The summed E-state index contributed by atoms with van der Waals surface area (Å²) in [6, 6.07) is 6.89. The van der Waals surface area contributed by atoms with E-state index in [1.165, 1.54) is 24.0 Å². The number of hydrogen-bond acceptors (Lipinski definition) is 5. The zero-order valence-corrected chi connectivity index (χ0v) is 17.5. The molecule has 1 saturated carbocycles. The Morgan fingerprint density at radius 3 is 2.67 bits per heavy atom. The zero-order chi connectivity index (χ0) is 20.9. The van der Waals surface area contributed by atoms with Crippen molar-refractivity contribution in [2.24, 2.45) is 0 Å². The molecule has 2 aromatic heterocycles. The summed E-state index contributed by atoms with van der Waals surface area (Å²) in [5.74, 6) is -0.0791. The molecule has 2 heterocycles. The van der Waals surface area contributed by atoms with Crippen molar-refractivity contribution in [1.82, 2.24) is 20.1 Å². The number of carbonyl (C=O) groups is 2. The first kappa shape index (κ1) is 20.1. The van der Waals surface area contributed by atoms with E-state index < -0.39 is 6.03 Å². The topological polar surface area (TPSA) is 103 Å². The lowest BCUT2D eigenvalue weighted by Gasteiger charge is -2.31. The number of nitrogens with zero attached hydrogens (tertiary/aromatic N) is 3. The van der Waals surface area contributed by atoms with Crippen molar-refractivity contribution >= 4 is 34.6 Å². The monoisotopic (exact) mass is 424 g/mol. The average Bonchev–Trinajstić information content (AvgIpc) is 3.45. The minimum atomic E-state index is -0.449. The Morgan fingerprint density at radius 1 is 1.13 bits per heavy atom. The maximum Gasteiger partial charge on any atom is 0.323 e. The number of benzene rings is 1. The molecule has 0 bridgehead atoms. The molecule has 3 amide bonds. The van der Waals surface area contributed by atoms with Crippen molar-refractivity contribution in [2.75, 3.05) is 17.7 Å². The van der Waals surface area contributed by atoms with Gasteiger partial charge in [-0.3, -0.25) is 9.89 Å². The molecule has 156 valence electrons. The Kier molecular flexibility index (Phi) is 6.08. The number of para-hydroxylation sites is 1. The second-order valence-electron chi connectivity index (χ2n) is 7.33. The van der Waals surface area contributed by atoms with E-state index in [1.807, 2.05) is 23.4 Å². The van der Waals surface area contributed by atoms with E-state index in [9.17, 15) is 9.59 Å². The van der Waals surface area contributed by atoms with Gasteiger partial charge in [0.1, 0.15) is 10.7 Å². The second-order valence-corrected chi connectivity index (χ2v) is 8.22. The summed E-state index contributed by atoms with van der Waals surface area (Å²) < 4.78 is 0. The summed E-state index contributed by atoms with van der Waals surface area (Å²) in [5, 5.41) is 15.0. The smallest absolute Gasteiger partial charge is 0.323 e. The normalized spacial score (nSPS) is 14.3. The number of aromatic amines is 1. The number of carbonyl (C=O) groups excluding carboxylic acids is 2. The van der Waals surface area contributed by atoms with Crippen molar-refractivity contribution in [2.45, 2.75) is 38.1 Å². The van der Waals surface area contributed by atoms with Crippen molar-refractivity contribution < 1.29 is 9.59 Å². The fourth-order valence-electron chi connectivity index (χ4n) is 3.77. The van der Waals surface area contributed by atoms with Crippen LogP contribution in [-0.4, -0.2) is 45.1 Å². The predicted octanol–water partition coefficient (Wildman–Crippen LogP) is 4.58. The van der Waals surface area contributed by atoms with Crippen molar-refractivity contribution in [3.63, 3.8) is 0 Å². The zero-order valence-electron chi connectivity index (χ0n) is 16.7. The summed E-state index contributed by atoms with van der Waals surface area (Å²) in [6.07, 6.45) is 8.80. The van der Waals surface area contributed by atoms with Crippen LogP contribution in [0.25, 0.3) is 10.7 Å². The van der Waals surface area contributed by atoms with Crippen molar-refractivity contribution in [3.8, 4) is 10.7 Å². The molecule has 0 spiro atoms. The van der Waals surface area contributed by atoms with Gasteiger partial charge in [0.05, 0.1) is 23.1 Å². The highest BCUT2D eigenvalue weighted by Gasteiger charge is 2.25. The third kappa shape index (κ3) is 4.35. The standard InChI is InChI=1S/C21H24N6O2S/c1-27(14-7-3-2-4-8-14)20(28)15-9-5-6-10-16(15)24-21(29)25-17-13-23-26-18(17)19-22-11-12-30-19/h5-6,9-14H,2-4,7-8H2,1H3,(H,23,26)(H2,24,25,29). The summed E-state index contributed by atoms with van der Waals surface area (Å²) in [6.45, 7) is 0. The summed E-state index contributed by atoms with van der Waals surface area (Å²) in [7, 11) is 1.85. The van der Waals surface area contributed by atoms with Gasteiger partial charge >= 0.3 is 6.03 Å². The van der Waals surface area contributed by atoms with Gasteiger partial charge < -0.3 is 15.5 Å². The summed E-state index contributed by atoms with van der Waals surface area (Å²) in [4.78, 5) is 31.8. The molecule has 8 nitrogen and oxygen atoms in total. The molecule has 0 atom stereocenters. The van der Waals surface area contributed by atoms with Crippen LogP contribution >= 0.6 is 11.3 Å². The molecule has 3 N–H and O–H groups in total. The minimum absolute atomic E-state index is 0.0791.